The van der Waals surface area contributed by atoms with Gasteiger partial charge in [0.05, 0.1) is 0 Å². The van der Waals surface area contributed by atoms with Gasteiger partial charge in [0.1, 0.15) is 0 Å². The van der Waals surface area contributed by atoms with Gasteiger partial charge in [0, 0.05) is 7.11 Å². The highest BCUT2D eigenvalue weighted by Crippen LogP contribution is 2.64. The monoisotopic (exact) mass is 508 g/mol. The van der Waals surface area contributed by atoms with Gasteiger partial charge < -0.3 is 4.43 Å². The predicted octanol–water partition coefficient (Wildman–Crippen LogP) is 6.39. The van der Waals surface area contributed by atoms with Crippen molar-refractivity contribution in [3.8, 4) is 0 Å². The Morgan fingerprint density at radius 3 is 0.900 bits per heavy atom. The zero-order valence-corrected chi connectivity index (χ0v) is 15.3. The molecule has 0 aliphatic heterocycles. The quantitative estimate of drug-likeness (QED) is 0.273. The summed E-state index contributed by atoms with van der Waals surface area (Å²) < 4.78 is 226. The fourth-order valence-electron chi connectivity index (χ4n) is 1.67. The standard InChI is InChI=1S/C11H9F17OSi/c1-29-30(2,3)11(27,28)9(22,23)7(18,19)5(14,15)4(12,13)6(16,17)8(20,21)10(24,25)26/h1-3H3. The highest BCUT2D eigenvalue weighted by Gasteiger charge is 2.96. The summed E-state index contributed by atoms with van der Waals surface area (Å²) in [5, 5.41) is 0. The number of halogens is 17. The summed E-state index contributed by atoms with van der Waals surface area (Å²) >= 11 is 0. The number of alkyl halides is 17. The minimum atomic E-state index is -8.61. The van der Waals surface area contributed by atoms with Crippen LogP contribution in [0.5, 0.6) is 0 Å². The van der Waals surface area contributed by atoms with Crippen LogP contribution >= 0.6 is 0 Å². The molecule has 0 saturated heterocycles. The Morgan fingerprint density at radius 2 is 0.667 bits per heavy atom. The molecule has 0 saturated carbocycles. The molecular formula is C11H9F17OSi. The summed E-state index contributed by atoms with van der Waals surface area (Å²) in [7, 11) is -5.38. The Labute approximate surface area is 156 Å². The maximum atomic E-state index is 13.7. The van der Waals surface area contributed by atoms with E-state index < -0.39 is 55.6 Å². The van der Waals surface area contributed by atoms with E-state index in [1.807, 2.05) is 0 Å². The average Bonchev–Trinajstić information content (AvgIpc) is 2.52. The van der Waals surface area contributed by atoms with Crippen molar-refractivity contribution < 1.29 is 79.1 Å². The summed E-state index contributed by atoms with van der Waals surface area (Å²) in [6.07, 6.45) is -7.76. The topological polar surface area (TPSA) is 9.23 Å². The lowest BCUT2D eigenvalue weighted by Gasteiger charge is -2.44. The largest absolute Gasteiger partial charge is 0.460 e. The van der Waals surface area contributed by atoms with Gasteiger partial charge in [-0.15, -0.1) is 0 Å². The third-order valence-electron chi connectivity index (χ3n) is 3.99. The molecule has 0 atom stereocenters. The Kier molecular flexibility index (Phi) is 6.76. The van der Waals surface area contributed by atoms with Crippen LogP contribution in [0.4, 0.5) is 74.6 Å². The van der Waals surface area contributed by atoms with Crippen molar-refractivity contribution >= 4 is 8.32 Å². The molecular weight excluding hydrogens is 499 g/mol. The summed E-state index contributed by atoms with van der Waals surface area (Å²) in [5.74, 6) is -49.8. The lowest BCUT2D eigenvalue weighted by Crippen LogP contribution is -2.76. The average molecular weight is 508 g/mol. The first-order valence-corrected chi connectivity index (χ1v) is 9.73. The molecule has 1 nitrogen and oxygen atoms in total. The van der Waals surface area contributed by atoms with Crippen LogP contribution in [0.25, 0.3) is 0 Å². The van der Waals surface area contributed by atoms with Crippen molar-refractivity contribution in [1.82, 2.24) is 0 Å². The lowest BCUT2D eigenvalue weighted by atomic mass is 9.91. The molecule has 0 bridgehead atoms. The zero-order chi connectivity index (χ0) is 25.2. The van der Waals surface area contributed by atoms with Gasteiger partial charge in [-0.1, -0.05) is 0 Å². The maximum absolute atomic E-state index is 13.7. The van der Waals surface area contributed by atoms with E-state index in [1.54, 1.807) is 0 Å². The first-order chi connectivity index (χ1) is 12.6. The van der Waals surface area contributed by atoms with Crippen LogP contribution in [-0.2, 0) is 4.43 Å². The summed E-state index contributed by atoms with van der Waals surface area (Å²) in [4.78, 5) is 0. The molecule has 0 spiro atoms. The molecule has 0 fully saturated rings. The van der Waals surface area contributed by atoms with E-state index in [0.717, 1.165) is 0 Å². The first-order valence-electron chi connectivity index (χ1n) is 6.83. The van der Waals surface area contributed by atoms with E-state index in [-0.39, 0.29) is 20.2 Å². The van der Waals surface area contributed by atoms with Gasteiger partial charge in [0.25, 0.3) is 8.32 Å². The van der Waals surface area contributed by atoms with E-state index >= 15 is 0 Å². The smallest absolute Gasteiger partial charge is 0.413 e. The molecule has 0 aliphatic carbocycles. The van der Waals surface area contributed by atoms with Crippen molar-refractivity contribution in [3.05, 3.63) is 0 Å². The highest BCUT2D eigenvalue weighted by atomic mass is 28.4. The summed E-state index contributed by atoms with van der Waals surface area (Å²) in [6.45, 7) is -0.0562. The molecule has 0 aromatic rings. The van der Waals surface area contributed by atoms with Gasteiger partial charge in [-0.05, 0) is 13.1 Å². The van der Waals surface area contributed by atoms with Crippen molar-refractivity contribution in [2.75, 3.05) is 7.11 Å². The molecule has 19 heteroatoms. The molecule has 0 aromatic heterocycles. The van der Waals surface area contributed by atoms with E-state index in [0.29, 0.717) is 0 Å². The van der Waals surface area contributed by atoms with Crippen molar-refractivity contribution in [3.63, 3.8) is 0 Å². The summed E-state index contributed by atoms with van der Waals surface area (Å²) in [5.41, 5.74) is -6.44. The van der Waals surface area contributed by atoms with Crippen LogP contribution < -0.4 is 0 Å². The van der Waals surface area contributed by atoms with Gasteiger partial charge in [-0.2, -0.15) is 65.9 Å². The molecule has 0 heterocycles. The third-order valence-corrected chi connectivity index (χ3v) is 6.84. The van der Waals surface area contributed by atoms with Crippen LogP contribution in [0, 0.1) is 0 Å². The van der Waals surface area contributed by atoms with Gasteiger partial charge in [-0.3, -0.25) is 0 Å². The predicted molar refractivity (Wildman–Crippen MR) is 65.2 cm³/mol. The second kappa shape index (κ2) is 6.99. The molecule has 30 heavy (non-hydrogen) atoms. The van der Waals surface area contributed by atoms with Crippen LogP contribution in [-0.4, -0.2) is 62.7 Å². The second-order valence-corrected chi connectivity index (χ2v) is 10.3. The minimum Gasteiger partial charge on any atom is -0.413 e. The first kappa shape index (κ1) is 29.0. The lowest BCUT2D eigenvalue weighted by molar-refractivity contribution is -0.459. The third kappa shape index (κ3) is 3.33. The van der Waals surface area contributed by atoms with Crippen molar-refractivity contribution in [2.45, 2.75) is 60.4 Å². The van der Waals surface area contributed by atoms with E-state index in [1.165, 1.54) is 0 Å². The van der Waals surface area contributed by atoms with Crippen LogP contribution in [0.15, 0.2) is 0 Å². The Bertz CT molecular complexity index is 634. The van der Waals surface area contributed by atoms with Crippen LogP contribution in [0.1, 0.15) is 0 Å². The molecule has 0 unspecified atom stereocenters. The maximum Gasteiger partial charge on any atom is 0.460 e. The molecule has 0 N–H and O–H groups in total. The van der Waals surface area contributed by atoms with E-state index in [2.05, 4.69) is 4.43 Å². The Hall–Kier alpha value is -1.01. The molecule has 0 aliphatic rings. The number of hydrogen-bond donors (Lipinski definition) is 0. The molecule has 0 amide bonds. The van der Waals surface area contributed by atoms with Crippen molar-refractivity contribution in [1.29, 1.82) is 0 Å². The van der Waals surface area contributed by atoms with Gasteiger partial charge in [0.15, 0.2) is 0 Å². The van der Waals surface area contributed by atoms with Crippen molar-refractivity contribution in [2.24, 2.45) is 0 Å². The Morgan fingerprint density at radius 1 is 0.433 bits per heavy atom. The number of hydrogen-bond acceptors (Lipinski definition) is 1. The normalized spacial score (nSPS) is 16.8. The number of rotatable bonds is 8. The minimum absolute atomic E-state index is 0.0281. The van der Waals surface area contributed by atoms with E-state index in [9.17, 15) is 74.6 Å². The van der Waals surface area contributed by atoms with E-state index in [4.69, 9.17) is 0 Å². The molecule has 0 aromatic carbocycles. The van der Waals surface area contributed by atoms with Crippen LogP contribution in [0.3, 0.4) is 0 Å². The SMILES string of the molecule is CO[Si](C)(C)C(F)(F)C(F)(F)C(F)(F)C(F)(F)C(F)(F)C(F)(F)C(F)(F)C(F)(F)F. The van der Waals surface area contributed by atoms with Gasteiger partial charge in [0.2, 0.25) is 0 Å². The van der Waals surface area contributed by atoms with Gasteiger partial charge in [-0.25, -0.2) is 8.78 Å². The zero-order valence-electron chi connectivity index (χ0n) is 14.3. The van der Waals surface area contributed by atoms with Gasteiger partial charge >= 0.3 is 47.3 Å². The fraction of sp³-hybridized carbons (Fsp3) is 1.00. The molecule has 0 rings (SSSR count). The van der Waals surface area contributed by atoms with Crippen LogP contribution in [0.2, 0.25) is 13.1 Å². The highest BCUT2D eigenvalue weighted by molar-refractivity contribution is 6.73. The second-order valence-electron chi connectivity index (χ2n) is 6.23. The summed E-state index contributed by atoms with van der Waals surface area (Å²) in [6, 6.07) is 0. The molecule has 182 valence electrons. The molecule has 0 radical (unpaired) electrons. The fourth-order valence-corrected chi connectivity index (χ4v) is 2.84. The Balaban J connectivity index is 6.85.